The van der Waals surface area contributed by atoms with Crippen LogP contribution >= 0.6 is 0 Å². The normalized spacial score (nSPS) is 10.4. The minimum atomic E-state index is -0.463. The Morgan fingerprint density at radius 1 is 1.53 bits per heavy atom. The van der Waals surface area contributed by atoms with Crippen molar-refractivity contribution < 1.29 is 9.90 Å². The molecule has 2 rings (SSSR count). The number of anilines is 1. The number of aryl methyl sites for hydroxylation is 1. The lowest BCUT2D eigenvalue weighted by Crippen LogP contribution is -2.20. The Hall–Kier alpha value is -2.48. The van der Waals surface area contributed by atoms with Gasteiger partial charge in [0, 0.05) is 12.1 Å². The summed E-state index contributed by atoms with van der Waals surface area (Å²) in [5.74, 6) is -0.000102. The molecule has 0 spiro atoms. The lowest BCUT2D eigenvalue weighted by atomic mass is 10.3. The number of aromatic amines is 1. The van der Waals surface area contributed by atoms with E-state index in [4.69, 9.17) is 5.11 Å². The van der Waals surface area contributed by atoms with Gasteiger partial charge in [-0.15, -0.1) is 0 Å². The molecule has 0 unspecified atom stereocenters. The number of aliphatic hydroxyl groups is 1. The topological polar surface area (TPSA) is 113 Å². The van der Waals surface area contributed by atoms with E-state index in [9.17, 15) is 9.59 Å². The summed E-state index contributed by atoms with van der Waals surface area (Å²) in [6.45, 7) is 1.98. The van der Waals surface area contributed by atoms with E-state index in [1.165, 1.54) is 16.8 Å². The summed E-state index contributed by atoms with van der Waals surface area (Å²) in [5.41, 5.74) is 0.435. The van der Waals surface area contributed by atoms with Crippen molar-refractivity contribution in [2.24, 2.45) is 0 Å². The Morgan fingerprint density at radius 3 is 2.95 bits per heavy atom. The fourth-order valence-electron chi connectivity index (χ4n) is 1.56. The molecule has 0 atom stereocenters. The summed E-state index contributed by atoms with van der Waals surface area (Å²) in [7, 11) is 0. The minimum absolute atomic E-state index is 0.0824. The Labute approximate surface area is 108 Å². The highest BCUT2D eigenvalue weighted by atomic mass is 16.3. The molecule has 2 aromatic heterocycles. The maximum absolute atomic E-state index is 11.9. The van der Waals surface area contributed by atoms with Crippen LogP contribution in [0.5, 0.6) is 0 Å². The molecule has 100 valence electrons. The molecule has 0 saturated carbocycles. The Balaban J connectivity index is 2.18. The third kappa shape index (κ3) is 3.05. The van der Waals surface area contributed by atoms with E-state index in [1.807, 2.05) is 0 Å². The first-order valence-corrected chi connectivity index (χ1v) is 5.62. The molecule has 2 aromatic rings. The predicted molar refractivity (Wildman–Crippen MR) is 66.9 cm³/mol. The minimum Gasteiger partial charge on any atom is -0.394 e. The van der Waals surface area contributed by atoms with Gasteiger partial charge in [0.15, 0.2) is 0 Å². The summed E-state index contributed by atoms with van der Waals surface area (Å²) < 4.78 is 1.49. The van der Waals surface area contributed by atoms with Crippen LogP contribution in [0.2, 0.25) is 0 Å². The van der Waals surface area contributed by atoms with E-state index >= 15 is 0 Å². The van der Waals surface area contributed by atoms with E-state index in [0.29, 0.717) is 5.82 Å². The summed E-state index contributed by atoms with van der Waals surface area (Å²) in [6.07, 6.45) is 0. The lowest BCUT2D eigenvalue weighted by Gasteiger charge is -2.06. The Bertz CT molecular complexity index is 626. The number of amides is 1. The highest BCUT2D eigenvalue weighted by Gasteiger charge is 2.12. The molecule has 0 fully saturated rings. The molecule has 3 N–H and O–H groups in total. The van der Waals surface area contributed by atoms with Crippen molar-refractivity contribution in [1.29, 1.82) is 0 Å². The number of H-pyrrole nitrogens is 1. The van der Waals surface area contributed by atoms with E-state index in [-0.39, 0.29) is 24.4 Å². The smallest absolute Gasteiger partial charge is 0.277 e. The third-order valence-corrected chi connectivity index (χ3v) is 2.37. The van der Waals surface area contributed by atoms with Crippen molar-refractivity contribution in [3.8, 4) is 0 Å². The number of nitrogens with zero attached hydrogens (tertiary/aromatic N) is 3. The predicted octanol–water partition coefficient (Wildman–Crippen LogP) is -0.481. The molecule has 0 aromatic carbocycles. The SMILES string of the molecule is Cc1cc(NC(=O)c2ccc(=O)[nH]n2)n(CCO)n1. The molecule has 0 bridgehead atoms. The molecule has 19 heavy (non-hydrogen) atoms. The van der Waals surface area contributed by atoms with Crippen LogP contribution in [0.1, 0.15) is 16.2 Å². The Kier molecular flexibility index (Phi) is 3.71. The zero-order valence-electron chi connectivity index (χ0n) is 10.3. The number of carbonyl (C=O) groups is 1. The quantitative estimate of drug-likeness (QED) is 0.689. The number of hydrogen-bond donors (Lipinski definition) is 3. The van der Waals surface area contributed by atoms with Gasteiger partial charge in [-0.2, -0.15) is 10.2 Å². The zero-order valence-corrected chi connectivity index (χ0v) is 10.3. The van der Waals surface area contributed by atoms with Gasteiger partial charge in [-0.05, 0) is 13.0 Å². The largest absolute Gasteiger partial charge is 0.394 e. The molecule has 8 heteroatoms. The van der Waals surface area contributed by atoms with Gasteiger partial charge in [-0.1, -0.05) is 0 Å². The maximum Gasteiger partial charge on any atom is 0.277 e. The number of rotatable bonds is 4. The summed E-state index contributed by atoms with van der Waals surface area (Å²) in [6, 6.07) is 4.23. The van der Waals surface area contributed by atoms with Crippen molar-refractivity contribution in [3.63, 3.8) is 0 Å². The molecular formula is C11H13N5O3. The first-order valence-electron chi connectivity index (χ1n) is 5.62. The lowest BCUT2D eigenvalue weighted by molar-refractivity contribution is 0.102. The van der Waals surface area contributed by atoms with Crippen LogP contribution in [-0.4, -0.2) is 37.6 Å². The van der Waals surface area contributed by atoms with E-state index in [0.717, 1.165) is 5.69 Å². The molecule has 1 amide bonds. The first kappa shape index (κ1) is 13.0. The van der Waals surface area contributed by atoms with Gasteiger partial charge in [0.2, 0.25) is 0 Å². The number of aliphatic hydroxyl groups excluding tert-OH is 1. The molecule has 0 saturated heterocycles. The van der Waals surface area contributed by atoms with Crippen molar-refractivity contribution in [3.05, 3.63) is 39.9 Å². The van der Waals surface area contributed by atoms with Crippen molar-refractivity contribution in [2.45, 2.75) is 13.5 Å². The summed E-state index contributed by atoms with van der Waals surface area (Å²) in [4.78, 5) is 22.7. The van der Waals surface area contributed by atoms with Gasteiger partial charge in [0.05, 0.1) is 18.8 Å². The van der Waals surface area contributed by atoms with Crippen LogP contribution in [0.15, 0.2) is 23.0 Å². The highest BCUT2D eigenvalue weighted by molar-refractivity contribution is 6.02. The standard InChI is InChI=1S/C11H13N5O3/c1-7-6-9(16(15-7)4-5-17)12-11(19)8-2-3-10(18)14-13-8/h2-3,6,17H,4-5H2,1H3,(H,12,19)(H,14,18). The van der Waals surface area contributed by atoms with Crippen molar-refractivity contribution in [1.82, 2.24) is 20.0 Å². The van der Waals surface area contributed by atoms with Crippen LogP contribution in [0.3, 0.4) is 0 Å². The van der Waals surface area contributed by atoms with Gasteiger partial charge < -0.3 is 10.4 Å². The van der Waals surface area contributed by atoms with Gasteiger partial charge >= 0.3 is 0 Å². The number of nitrogens with one attached hydrogen (secondary N) is 2. The molecule has 0 radical (unpaired) electrons. The third-order valence-electron chi connectivity index (χ3n) is 2.37. The molecule has 0 aliphatic rings. The fourth-order valence-corrected chi connectivity index (χ4v) is 1.56. The van der Waals surface area contributed by atoms with Crippen LogP contribution < -0.4 is 10.9 Å². The average molecular weight is 263 g/mol. The highest BCUT2D eigenvalue weighted by Crippen LogP contribution is 2.10. The van der Waals surface area contributed by atoms with Gasteiger partial charge in [0.25, 0.3) is 11.5 Å². The van der Waals surface area contributed by atoms with Crippen molar-refractivity contribution in [2.75, 3.05) is 11.9 Å². The number of carbonyl (C=O) groups excluding carboxylic acids is 1. The second kappa shape index (κ2) is 5.44. The second-order valence-electron chi connectivity index (χ2n) is 3.88. The van der Waals surface area contributed by atoms with Crippen LogP contribution in [-0.2, 0) is 6.54 Å². The Morgan fingerprint density at radius 2 is 2.32 bits per heavy atom. The second-order valence-corrected chi connectivity index (χ2v) is 3.88. The number of hydrogen-bond acceptors (Lipinski definition) is 5. The number of aromatic nitrogens is 4. The first-order chi connectivity index (χ1) is 9.10. The maximum atomic E-state index is 11.9. The van der Waals surface area contributed by atoms with Crippen LogP contribution in [0, 0.1) is 6.92 Å². The van der Waals surface area contributed by atoms with Gasteiger partial charge in [-0.3, -0.25) is 9.59 Å². The van der Waals surface area contributed by atoms with Crippen LogP contribution in [0.4, 0.5) is 5.82 Å². The van der Waals surface area contributed by atoms with E-state index in [1.54, 1.807) is 13.0 Å². The molecule has 2 heterocycles. The zero-order chi connectivity index (χ0) is 13.8. The fraction of sp³-hybridized carbons (Fsp3) is 0.273. The van der Waals surface area contributed by atoms with Crippen LogP contribution in [0.25, 0.3) is 0 Å². The molecular weight excluding hydrogens is 250 g/mol. The van der Waals surface area contributed by atoms with E-state index in [2.05, 4.69) is 20.6 Å². The van der Waals surface area contributed by atoms with E-state index < -0.39 is 5.91 Å². The molecule has 8 nitrogen and oxygen atoms in total. The molecule has 0 aliphatic carbocycles. The monoisotopic (exact) mass is 263 g/mol. The van der Waals surface area contributed by atoms with Crippen molar-refractivity contribution >= 4 is 11.7 Å². The van der Waals surface area contributed by atoms with Gasteiger partial charge in [0.1, 0.15) is 11.5 Å². The average Bonchev–Trinajstić information content (AvgIpc) is 2.71. The molecule has 0 aliphatic heterocycles. The summed E-state index contributed by atoms with van der Waals surface area (Å²) in [5, 5.41) is 21.5. The summed E-state index contributed by atoms with van der Waals surface area (Å²) >= 11 is 0. The van der Waals surface area contributed by atoms with Gasteiger partial charge in [-0.25, -0.2) is 9.78 Å².